The number of rotatable bonds is 7. The maximum absolute atomic E-state index is 13.0. The van der Waals surface area contributed by atoms with E-state index >= 15 is 0 Å². The van der Waals surface area contributed by atoms with Gasteiger partial charge in [0.25, 0.3) is 17.8 Å². The van der Waals surface area contributed by atoms with Gasteiger partial charge >= 0.3 is 5.97 Å². The summed E-state index contributed by atoms with van der Waals surface area (Å²) in [6, 6.07) is 6.47. The fourth-order valence-electron chi connectivity index (χ4n) is 4.35. The summed E-state index contributed by atoms with van der Waals surface area (Å²) in [5.41, 5.74) is 12.4. The fourth-order valence-corrected chi connectivity index (χ4v) is 5.69. The first kappa shape index (κ1) is 24.1. The second kappa shape index (κ2) is 9.46. The molecule has 2 aliphatic rings. The number of β-lactam (4-membered cyclic amide) rings is 1. The molecule has 0 spiro atoms. The maximum atomic E-state index is 13.0. The highest BCUT2D eigenvalue weighted by Gasteiger charge is 2.54. The molecular weight excluding hydrogens is 502 g/mol. The van der Waals surface area contributed by atoms with E-state index in [1.165, 1.54) is 23.8 Å². The van der Waals surface area contributed by atoms with Gasteiger partial charge in [-0.15, -0.1) is 11.8 Å². The summed E-state index contributed by atoms with van der Waals surface area (Å²) in [5.74, 6) is -2.20. The van der Waals surface area contributed by atoms with Crippen LogP contribution in [0.4, 0.5) is 11.7 Å². The minimum absolute atomic E-state index is 0.0249. The van der Waals surface area contributed by atoms with Crippen LogP contribution in [-0.2, 0) is 25.8 Å². The molecule has 2 atom stereocenters. The van der Waals surface area contributed by atoms with E-state index in [1.807, 2.05) is 30.5 Å². The van der Waals surface area contributed by atoms with Gasteiger partial charge in [-0.05, 0) is 6.07 Å². The molecule has 5 rings (SSSR count). The molecule has 13 nitrogen and oxygen atoms in total. The van der Waals surface area contributed by atoms with Crippen LogP contribution in [0.2, 0.25) is 0 Å². The first-order valence-electron chi connectivity index (χ1n) is 11.0. The molecule has 3 aromatic rings. The Kier molecular flexibility index (Phi) is 6.17. The molecule has 4 heterocycles. The molecule has 2 amide bonds. The number of benzene rings is 1. The number of amides is 2. The van der Waals surface area contributed by atoms with Crippen molar-refractivity contribution in [3.63, 3.8) is 0 Å². The average Bonchev–Trinajstić information content (AvgIpc) is 3.31. The van der Waals surface area contributed by atoms with Crippen molar-refractivity contribution >= 4 is 57.7 Å². The number of nitrogens with two attached hydrogens (primary N) is 2. The molecule has 1 saturated heterocycles. The standard InChI is InChI=1S/C23H21N7O6S/c1-35-28-16(15-9-36-23(25)26-15)19(31)27-17-20(32)30-18(22(33)34)12(10-37-21(17)30)7-29-6-11-4-2-3-5-13(11)14(24)8-29/h2-6,8-9,17,21H,7,10,24H2,1H3,(H3-,25,26,27,31,33,34)/p+1/b28-16-/t17?,21-/m1/s1. The monoisotopic (exact) mass is 524 g/mol. The summed E-state index contributed by atoms with van der Waals surface area (Å²) in [6.45, 7) is 0.232. The summed E-state index contributed by atoms with van der Waals surface area (Å²) in [7, 11) is 1.25. The van der Waals surface area contributed by atoms with E-state index in [9.17, 15) is 19.5 Å². The maximum Gasteiger partial charge on any atom is 0.352 e. The van der Waals surface area contributed by atoms with Crippen molar-refractivity contribution in [2.75, 3.05) is 24.3 Å². The Morgan fingerprint density at radius 3 is 2.84 bits per heavy atom. The molecule has 190 valence electrons. The number of oxazole rings is 1. The van der Waals surface area contributed by atoms with E-state index in [-0.39, 0.29) is 29.7 Å². The first-order valence-corrected chi connectivity index (χ1v) is 12.0. The number of oxime groups is 1. The Bertz CT molecular complexity index is 1500. The molecular formula is C23H22N7O6S+. The molecule has 6 N–H and O–H groups in total. The van der Waals surface area contributed by atoms with Gasteiger partial charge < -0.3 is 31.1 Å². The number of fused-ring (bicyclic) bond motifs is 2. The van der Waals surface area contributed by atoms with Crippen LogP contribution in [-0.4, -0.2) is 62.8 Å². The first-order chi connectivity index (χ1) is 17.8. The Morgan fingerprint density at radius 2 is 2.14 bits per heavy atom. The third-order valence-electron chi connectivity index (χ3n) is 5.95. The van der Waals surface area contributed by atoms with Gasteiger partial charge in [-0.25, -0.2) is 4.79 Å². The number of hydrogen-bond acceptors (Lipinski definition) is 10. The van der Waals surface area contributed by atoms with E-state index in [1.54, 1.807) is 10.8 Å². The number of nitrogens with one attached hydrogen (secondary N) is 1. The fraction of sp³-hybridized carbons (Fsp3) is 0.217. The molecule has 0 saturated carbocycles. The predicted octanol–water partition coefficient (Wildman–Crippen LogP) is 0.0690. The van der Waals surface area contributed by atoms with Crippen molar-refractivity contribution in [1.29, 1.82) is 0 Å². The van der Waals surface area contributed by atoms with E-state index in [4.69, 9.17) is 20.7 Å². The minimum Gasteiger partial charge on any atom is -0.477 e. The Labute approximate surface area is 213 Å². The van der Waals surface area contributed by atoms with Crippen LogP contribution in [0.3, 0.4) is 0 Å². The third-order valence-corrected chi connectivity index (χ3v) is 7.29. The number of carbonyl (C=O) groups excluding carboxylic acids is 2. The Balaban J connectivity index is 1.38. The summed E-state index contributed by atoms with van der Waals surface area (Å²) in [4.78, 5) is 47.9. The number of anilines is 2. The highest BCUT2D eigenvalue weighted by Crippen LogP contribution is 2.40. The Morgan fingerprint density at radius 1 is 1.35 bits per heavy atom. The van der Waals surface area contributed by atoms with Gasteiger partial charge in [0, 0.05) is 22.1 Å². The van der Waals surface area contributed by atoms with E-state index in [0.29, 0.717) is 17.0 Å². The van der Waals surface area contributed by atoms with Crippen molar-refractivity contribution in [2.24, 2.45) is 5.16 Å². The SMILES string of the molecule is CO/N=C(\C(=O)NC1C(=O)N2C(C(=O)O)=C(C[n+]3cc(N)c4ccccc4c3)CS[C@H]12)c1coc(N)n1. The second-order valence-corrected chi connectivity index (χ2v) is 9.39. The highest BCUT2D eigenvalue weighted by atomic mass is 32.2. The number of nitrogens with zero attached hydrogens (tertiary/aromatic N) is 4. The van der Waals surface area contributed by atoms with Crippen LogP contribution in [0.15, 0.2) is 63.8 Å². The lowest BCUT2D eigenvalue weighted by atomic mass is 10.0. The van der Waals surface area contributed by atoms with E-state index < -0.39 is 29.2 Å². The van der Waals surface area contributed by atoms with Crippen molar-refractivity contribution in [3.8, 4) is 0 Å². The van der Waals surface area contributed by atoms with Gasteiger partial charge in [0.05, 0.1) is 0 Å². The van der Waals surface area contributed by atoms with Crippen LogP contribution in [0.1, 0.15) is 5.69 Å². The molecule has 0 aliphatic carbocycles. The van der Waals surface area contributed by atoms with Gasteiger partial charge in [0.2, 0.25) is 0 Å². The number of aromatic nitrogens is 2. The number of pyridine rings is 1. The number of carbonyl (C=O) groups is 3. The van der Waals surface area contributed by atoms with Gasteiger partial charge in [0.1, 0.15) is 41.9 Å². The number of hydrogen-bond donors (Lipinski definition) is 4. The normalized spacial score (nSPS) is 19.4. The minimum atomic E-state index is -1.23. The second-order valence-electron chi connectivity index (χ2n) is 8.28. The summed E-state index contributed by atoms with van der Waals surface area (Å²) >= 11 is 1.35. The van der Waals surface area contributed by atoms with Gasteiger partial charge in [0.15, 0.2) is 24.7 Å². The number of thioether (sulfide) groups is 1. The van der Waals surface area contributed by atoms with Crippen LogP contribution < -0.4 is 21.4 Å². The van der Waals surface area contributed by atoms with Gasteiger partial charge in [-0.1, -0.05) is 23.4 Å². The number of nitrogen functional groups attached to an aromatic ring is 2. The van der Waals surface area contributed by atoms with Gasteiger partial charge in [-0.3, -0.25) is 14.5 Å². The lowest BCUT2D eigenvalue weighted by Gasteiger charge is -2.49. The van der Waals surface area contributed by atoms with Crippen LogP contribution in [0.5, 0.6) is 0 Å². The lowest BCUT2D eigenvalue weighted by molar-refractivity contribution is -0.687. The summed E-state index contributed by atoms with van der Waals surface area (Å²) < 4.78 is 6.72. The number of carboxylic acids is 1. The molecule has 2 aliphatic heterocycles. The molecule has 0 bridgehead atoms. The van der Waals surface area contributed by atoms with E-state index in [0.717, 1.165) is 17.0 Å². The molecule has 1 fully saturated rings. The zero-order valence-electron chi connectivity index (χ0n) is 19.5. The predicted molar refractivity (Wildman–Crippen MR) is 133 cm³/mol. The molecule has 1 unspecified atom stereocenters. The molecule has 37 heavy (non-hydrogen) atoms. The third kappa shape index (κ3) is 4.31. The number of carboxylic acid groups (broad SMARTS) is 1. The highest BCUT2D eigenvalue weighted by molar-refractivity contribution is 8.00. The zero-order chi connectivity index (χ0) is 26.3. The van der Waals surface area contributed by atoms with Crippen LogP contribution in [0, 0.1) is 0 Å². The lowest BCUT2D eigenvalue weighted by Crippen LogP contribution is -2.71. The van der Waals surface area contributed by atoms with Crippen molar-refractivity contribution in [3.05, 3.63) is 59.9 Å². The average molecular weight is 525 g/mol. The van der Waals surface area contributed by atoms with Crippen LogP contribution in [0.25, 0.3) is 10.8 Å². The molecule has 2 aromatic heterocycles. The van der Waals surface area contributed by atoms with Crippen molar-refractivity contribution in [2.45, 2.75) is 18.0 Å². The van der Waals surface area contributed by atoms with Crippen LogP contribution >= 0.6 is 11.8 Å². The molecule has 0 radical (unpaired) electrons. The zero-order valence-corrected chi connectivity index (χ0v) is 20.3. The Hall–Kier alpha value is -4.59. The van der Waals surface area contributed by atoms with Crippen molar-refractivity contribution in [1.82, 2.24) is 15.2 Å². The van der Waals surface area contributed by atoms with Gasteiger partial charge in [-0.2, -0.15) is 9.55 Å². The topological polar surface area (TPSA) is 190 Å². The number of aliphatic carboxylic acids is 1. The smallest absolute Gasteiger partial charge is 0.352 e. The van der Waals surface area contributed by atoms with E-state index in [2.05, 4.69) is 15.5 Å². The summed E-state index contributed by atoms with van der Waals surface area (Å²) in [5, 5.41) is 17.4. The molecule has 1 aromatic carbocycles. The molecule has 14 heteroatoms. The quantitative estimate of drug-likeness (QED) is 0.142. The van der Waals surface area contributed by atoms with Crippen molar-refractivity contribution < 1.29 is 33.3 Å². The summed E-state index contributed by atoms with van der Waals surface area (Å²) in [6.07, 6.45) is 4.74. The largest absolute Gasteiger partial charge is 0.477 e.